The Morgan fingerprint density at radius 1 is 1.12 bits per heavy atom. The molecule has 0 aliphatic carbocycles. The Hall–Kier alpha value is -2.69. The van der Waals surface area contributed by atoms with Gasteiger partial charge in [0.15, 0.2) is 5.16 Å². The summed E-state index contributed by atoms with van der Waals surface area (Å²) in [5.74, 6) is 0.174. The van der Waals surface area contributed by atoms with Crippen molar-refractivity contribution >= 4 is 33.4 Å². The largest absolute Gasteiger partial charge is 0.311 e. The predicted molar refractivity (Wildman–Crippen MR) is 134 cm³/mol. The SMILES string of the molecule is CCN(CC)S(=O)(=O)c1ccc2c(c1)CCCN2C(=O)CSc1nncn1-c1ccc(C)cc1. The van der Waals surface area contributed by atoms with Gasteiger partial charge in [-0.15, -0.1) is 10.2 Å². The molecule has 1 aliphatic heterocycles. The van der Waals surface area contributed by atoms with Crippen molar-refractivity contribution in [2.45, 2.75) is 43.7 Å². The molecule has 0 fully saturated rings. The molecule has 4 rings (SSSR count). The number of hydrogen-bond acceptors (Lipinski definition) is 6. The van der Waals surface area contributed by atoms with Gasteiger partial charge in [-0.05, 0) is 55.7 Å². The molecule has 0 bridgehead atoms. The Kier molecular flexibility index (Phi) is 7.39. The van der Waals surface area contributed by atoms with E-state index >= 15 is 0 Å². The summed E-state index contributed by atoms with van der Waals surface area (Å²) >= 11 is 1.34. The van der Waals surface area contributed by atoms with E-state index in [0.29, 0.717) is 24.8 Å². The first-order chi connectivity index (χ1) is 16.3. The van der Waals surface area contributed by atoms with Crippen LogP contribution in [0.2, 0.25) is 0 Å². The Labute approximate surface area is 205 Å². The van der Waals surface area contributed by atoms with Gasteiger partial charge >= 0.3 is 0 Å². The summed E-state index contributed by atoms with van der Waals surface area (Å²) in [5.41, 5.74) is 3.78. The third kappa shape index (κ3) is 4.89. The molecule has 1 aliphatic rings. The Morgan fingerprint density at radius 2 is 1.85 bits per heavy atom. The number of aryl methyl sites for hydroxylation is 2. The molecular weight excluding hydrogens is 470 g/mol. The van der Waals surface area contributed by atoms with Crippen molar-refractivity contribution in [2.75, 3.05) is 30.3 Å². The van der Waals surface area contributed by atoms with Crippen molar-refractivity contribution in [3.63, 3.8) is 0 Å². The summed E-state index contributed by atoms with van der Waals surface area (Å²) in [6.07, 6.45) is 3.18. The number of anilines is 1. The van der Waals surface area contributed by atoms with Crippen molar-refractivity contribution in [3.05, 3.63) is 59.9 Å². The van der Waals surface area contributed by atoms with E-state index in [1.54, 1.807) is 29.4 Å². The zero-order chi connectivity index (χ0) is 24.3. The zero-order valence-corrected chi connectivity index (χ0v) is 21.3. The number of thioether (sulfide) groups is 1. The van der Waals surface area contributed by atoms with Crippen LogP contribution in [0.4, 0.5) is 5.69 Å². The summed E-state index contributed by atoms with van der Waals surface area (Å²) < 4.78 is 29.2. The van der Waals surface area contributed by atoms with E-state index in [1.807, 2.05) is 49.6 Å². The summed E-state index contributed by atoms with van der Waals surface area (Å²) in [4.78, 5) is 15.2. The first kappa shape index (κ1) is 24.4. The van der Waals surface area contributed by atoms with Crippen molar-refractivity contribution in [1.82, 2.24) is 19.1 Å². The van der Waals surface area contributed by atoms with Gasteiger partial charge in [0.2, 0.25) is 15.9 Å². The fourth-order valence-corrected chi connectivity index (χ4v) is 6.43. The van der Waals surface area contributed by atoms with E-state index in [-0.39, 0.29) is 16.6 Å². The van der Waals surface area contributed by atoms with Gasteiger partial charge in [-0.2, -0.15) is 4.31 Å². The van der Waals surface area contributed by atoms with Crippen LogP contribution < -0.4 is 4.90 Å². The summed E-state index contributed by atoms with van der Waals surface area (Å²) in [6, 6.07) is 13.1. The smallest absolute Gasteiger partial charge is 0.243 e. The molecule has 3 aromatic rings. The number of hydrogen-bond donors (Lipinski definition) is 0. The van der Waals surface area contributed by atoms with Gasteiger partial charge in [0.05, 0.1) is 10.6 Å². The average molecular weight is 500 g/mol. The van der Waals surface area contributed by atoms with E-state index in [2.05, 4.69) is 10.2 Å². The van der Waals surface area contributed by atoms with Crippen molar-refractivity contribution in [2.24, 2.45) is 0 Å². The number of nitrogens with zero attached hydrogens (tertiary/aromatic N) is 5. The van der Waals surface area contributed by atoms with E-state index in [9.17, 15) is 13.2 Å². The first-order valence-corrected chi connectivity index (χ1v) is 13.8. The molecule has 0 radical (unpaired) electrons. The molecule has 2 aromatic carbocycles. The standard InChI is InChI=1S/C24H29N5O3S2/c1-4-27(5-2)34(31,32)21-12-13-22-19(15-21)7-6-14-28(22)23(30)16-33-24-26-25-17-29(24)20-10-8-18(3)9-11-20/h8-13,15,17H,4-7,14,16H2,1-3H3. The highest BCUT2D eigenvalue weighted by Crippen LogP contribution is 2.31. The van der Waals surface area contributed by atoms with Gasteiger partial charge < -0.3 is 4.90 Å². The summed E-state index contributed by atoms with van der Waals surface area (Å²) in [7, 11) is -3.54. The lowest BCUT2D eigenvalue weighted by Crippen LogP contribution is -2.37. The van der Waals surface area contributed by atoms with Gasteiger partial charge in [0.25, 0.3) is 0 Å². The predicted octanol–water partition coefficient (Wildman–Crippen LogP) is 3.68. The molecule has 0 saturated heterocycles. The van der Waals surface area contributed by atoms with Crippen LogP contribution in [0.1, 0.15) is 31.4 Å². The van der Waals surface area contributed by atoms with Crippen LogP contribution in [0, 0.1) is 6.92 Å². The highest BCUT2D eigenvalue weighted by molar-refractivity contribution is 7.99. The molecule has 34 heavy (non-hydrogen) atoms. The van der Waals surface area contributed by atoms with Crippen molar-refractivity contribution in [1.29, 1.82) is 0 Å². The topological polar surface area (TPSA) is 88.4 Å². The third-order valence-electron chi connectivity index (χ3n) is 5.97. The number of benzene rings is 2. The highest BCUT2D eigenvalue weighted by atomic mass is 32.2. The van der Waals surface area contributed by atoms with Crippen LogP contribution in [0.3, 0.4) is 0 Å². The minimum atomic E-state index is -3.54. The molecule has 2 heterocycles. The van der Waals surface area contributed by atoms with Crippen LogP contribution in [-0.2, 0) is 21.2 Å². The Balaban J connectivity index is 1.50. The van der Waals surface area contributed by atoms with Crippen LogP contribution >= 0.6 is 11.8 Å². The monoisotopic (exact) mass is 499 g/mol. The number of carbonyl (C=O) groups is 1. The number of carbonyl (C=O) groups excluding carboxylic acids is 1. The first-order valence-electron chi connectivity index (χ1n) is 11.4. The molecule has 1 aromatic heterocycles. The Morgan fingerprint density at radius 3 is 2.56 bits per heavy atom. The number of aromatic nitrogens is 3. The van der Waals surface area contributed by atoms with Crippen LogP contribution in [-0.4, -0.2) is 58.8 Å². The van der Waals surface area contributed by atoms with Crippen molar-refractivity contribution < 1.29 is 13.2 Å². The van der Waals surface area contributed by atoms with Crippen LogP contribution in [0.5, 0.6) is 0 Å². The number of amides is 1. The second-order valence-corrected chi connectivity index (χ2v) is 11.0. The van der Waals surface area contributed by atoms with Crippen molar-refractivity contribution in [3.8, 4) is 5.69 Å². The molecule has 8 nitrogen and oxygen atoms in total. The molecule has 0 unspecified atom stereocenters. The summed E-state index contributed by atoms with van der Waals surface area (Å²) in [6.45, 7) is 7.15. The fraction of sp³-hybridized carbons (Fsp3) is 0.375. The maximum atomic E-state index is 13.2. The number of sulfonamides is 1. The van der Waals surface area contributed by atoms with Gasteiger partial charge in [0, 0.05) is 31.0 Å². The Bertz CT molecular complexity index is 1270. The van der Waals surface area contributed by atoms with Crippen LogP contribution in [0.15, 0.2) is 58.8 Å². The lowest BCUT2D eigenvalue weighted by atomic mass is 10.0. The molecular formula is C24H29N5O3S2. The zero-order valence-electron chi connectivity index (χ0n) is 19.6. The van der Waals surface area contributed by atoms with Gasteiger partial charge in [-0.1, -0.05) is 43.3 Å². The maximum absolute atomic E-state index is 13.2. The maximum Gasteiger partial charge on any atom is 0.243 e. The summed E-state index contributed by atoms with van der Waals surface area (Å²) in [5, 5.41) is 8.84. The molecule has 180 valence electrons. The lowest BCUT2D eigenvalue weighted by Gasteiger charge is -2.30. The second-order valence-electron chi connectivity index (χ2n) is 8.14. The quantitative estimate of drug-likeness (QED) is 0.440. The average Bonchev–Trinajstić information content (AvgIpc) is 3.31. The van der Waals surface area contributed by atoms with Gasteiger partial charge in [-0.3, -0.25) is 9.36 Å². The molecule has 10 heteroatoms. The highest BCUT2D eigenvalue weighted by Gasteiger charge is 2.27. The van der Waals surface area contributed by atoms with Gasteiger partial charge in [-0.25, -0.2) is 8.42 Å². The molecule has 0 atom stereocenters. The molecule has 0 spiro atoms. The van der Waals surface area contributed by atoms with E-state index in [4.69, 9.17) is 0 Å². The minimum absolute atomic E-state index is 0.0382. The number of rotatable bonds is 8. The minimum Gasteiger partial charge on any atom is -0.311 e. The third-order valence-corrected chi connectivity index (χ3v) is 8.94. The lowest BCUT2D eigenvalue weighted by molar-refractivity contribution is -0.116. The van der Waals surface area contributed by atoms with Gasteiger partial charge in [0.1, 0.15) is 6.33 Å². The second kappa shape index (κ2) is 10.3. The van der Waals surface area contributed by atoms with E-state index in [0.717, 1.165) is 35.3 Å². The molecule has 1 amide bonds. The van der Waals surface area contributed by atoms with E-state index in [1.165, 1.54) is 16.1 Å². The van der Waals surface area contributed by atoms with E-state index < -0.39 is 10.0 Å². The van der Waals surface area contributed by atoms with Crippen LogP contribution in [0.25, 0.3) is 5.69 Å². The molecule has 0 N–H and O–H groups in total. The fourth-order valence-electron chi connectivity index (χ4n) is 4.12. The molecule has 0 saturated carbocycles. The normalized spacial score (nSPS) is 13.8. The number of fused-ring (bicyclic) bond motifs is 1.